The van der Waals surface area contributed by atoms with Crippen molar-refractivity contribution in [3.05, 3.63) is 47.7 Å². The molecule has 2 rings (SSSR count). The second kappa shape index (κ2) is 9.26. The van der Waals surface area contributed by atoms with Gasteiger partial charge < -0.3 is 19.9 Å². The number of nitrogens with zero attached hydrogens (tertiary/aromatic N) is 1. The monoisotopic (exact) mass is 414 g/mol. The summed E-state index contributed by atoms with van der Waals surface area (Å²) in [6.45, 7) is 8.94. The molecule has 2 atom stereocenters. The average Bonchev–Trinajstić information content (AvgIpc) is 2.64. The molecule has 7 heteroatoms. The van der Waals surface area contributed by atoms with Gasteiger partial charge in [-0.3, -0.25) is 9.78 Å². The van der Waals surface area contributed by atoms with Gasteiger partial charge in [-0.25, -0.2) is 4.79 Å². The maximum absolute atomic E-state index is 12.0. The summed E-state index contributed by atoms with van der Waals surface area (Å²) in [5.41, 5.74) is 0.573. The topological polar surface area (TPSA) is 97.8 Å². The van der Waals surface area contributed by atoms with Gasteiger partial charge in [0.25, 0.3) is 0 Å². The molecule has 0 radical (unpaired) electrons. The van der Waals surface area contributed by atoms with E-state index < -0.39 is 23.1 Å². The van der Waals surface area contributed by atoms with E-state index in [1.165, 1.54) is 7.11 Å². The van der Waals surface area contributed by atoms with Gasteiger partial charge in [-0.1, -0.05) is 30.4 Å². The lowest BCUT2D eigenvalue weighted by Gasteiger charge is -2.22. The number of ether oxygens (including phenoxy) is 2. The predicted octanol–water partition coefficient (Wildman–Crippen LogP) is 4.57. The minimum absolute atomic E-state index is 0.0721. The van der Waals surface area contributed by atoms with Crippen molar-refractivity contribution in [1.29, 1.82) is 0 Å². The van der Waals surface area contributed by atoms with Crippen LogP contribution in [-0.2, 0) is 14.3 Å². The van der Waals surface area contributed by atoms with Gasteiger partial charge in [-0.15, -0.1) is 0 Å². The Morgan fingerprint density at radius 1 is 1.20 bits per heavy atom. The number of amides is 1. The van der Waals surface area contributed by atoms with Gasteiger partial charge >= 0.3 is 12.1 Å². The SMILES string of the molecule is COC[C@](C)(/C=C/c1ccc2ccc([C@@H](C)NC(=O)OC(C)(C)C)nc2c1)C(=O)O. The molecule has 30 heavy (non-hydrogen) atoms. The van der Waals surface area contributed by atoms with E-state index in [2.05, 4.69) is 10.3 Å². The normalized spacial score (nSPS) is 15.0. The Balaban J connectivity index is 2.24. The smallest absolute Gasteiger partial charge is 0.408 e. The predicted molar refractivity (Wildman–Crippen MR) is 116 cm³/mol. The van der Waals surface area contributed by atoms with Gasteiger partial charge in [0.2, 0.25) is 0 Å². The zero-order valence-electron chi connectivity index (χ0n) is 18.4. The average molecular weight is 415 g/mol. The molecular weight excluding hydrogens is 384 g/mol. The van der Waals surface area contributed by atoms with E-state index in [9.17, 15) is 14.7 Å². The minimum Gasteiger partial charge on any atom is -0.481 e. The summed E-state index contributed by atoms with van der Waals surface area (Å²) in [6, 6.07) is 9.17. The number of carboxylic acids is 1. The molecule has 0 fully saturated rings. The number of pyridine rings is 1. The fraction of sp³-hybridized carbons (Fsp3) is 0.435. The van der Waals surface area contributed by atoms with E-state index in [4.69, 9.17) is 9.47 Å². The third kappa shape index (κ3) is 6.29. The zero-order valence-corrected chi connectivity index (χ0v) is 18.4. The standard InChI is InChI=1S/C23H30N2O5/c1-15(24-21(28)30-22(2,3)4)18-10-9-17-8-7-16(13-19(17)25-18)11-12-23(5,14-29-6)20(26)27/h7-13,15H,14H2,1-6H3,(H,24,28)(H,26,27)/b12-11+/t15-,23+/m1/s1. The van der Waals surface area contributed by atoms with Crippen molar-refractivity contribution in [2.75, 3.05) is 13.7 Å². The molecule has 0 unspecified atom stereocenters. The Kier molecular flexibility index (Phi) is 7.21. The largest absolute Gasteiger partial charge is 0.481 e. The molecular formula is C23H30N2O5. The number of methoxy groups -OCH3 is 1. The molecule has 0 spiro atoms. The van der Waals surface area contributed by atoms with Crippen LogP contribution in [0, 0.1) is 5.41 Å². The molecule has 0 aliphatic carbocycles. The molecule has 7 nitrogen and oxygen atoms in total. The number of hydrogen-bond donors (Lipinski definition) is 2. The highest BCUT2D eigenvalue weighted by molar-refractivity contribution is 5.83. The summed E-state index contributed by atoms with van der Waals surface area (Å²) in [6.07, 6.45) is 2.87. The van der Waals surface area contributed by atoms with Crippen LogP contribution in [0.25, 0.3) is 17.0 Å². The number of rotatable bonds is 7. The van der Waals surface area contributed by atoms with Crippen LogP contribution in [0.3, 0.4) is 0 Å². The van der Waals surface area contributed by atoms with Crippen molar-refractivity contribution in [3.63, 3.8) is 0 Å². The highest BCUT2D eigenvalue weighted by atomic mass is 16.6. The Morgan fingerprint density at radius 2 is 1.87 bits per heavy atom. The Bertz CT molecular complexity index is 948. The van der Waals surface area contributed by atoms with Crippen LogP contribution < -0.4 is 5.32 Å². The van der Waals surface area contributed by atoms with Crippen molar-refractivity contribution in [1.82, 2.24) is 10.3 Å². The van der Waals surface area contributed by atoms with Crippen molar-refractivity contribution in [3.8, 4) is 0 Å². The summed E-state index contributed by atoms with van der Waals surface area (Å²) in [4.78, 5) is 28.2. The van der Waals surface area contributed by atoms with Crippen LogP contribution in [0.5, 0.6) is 0 Å². The fourth-order valence-electron chi connectivity index (χ4n) is 2.81. The number of carbonyl (C=O) groups is 2. The first-order valence-corrected chi connectivity index (χ1v) is 9.75. The van der Waals surface area contributed by atoms with Crippen molar-refractivity contribution in [2.24, 2.45) is 5.41 Å². The zero-order chi connectivity index (χ0) is 22.5. The summed E-state index contributed by atoms with van der Waals surface area (Å²) >= 11 is 0. The number of benzene rings is 1. The first kappa shape index (κ1) is 23.3. The summed E-state index contributed by atoms with van der Waals surface area (Å²) in [5.74, 6) is -0.955. The van der Waals surface area contributed by atoms with Crippen LogP contribution in [0.1, 0.15) is 51.9 Å². The van der Waals surface area contributed by atoms with E-state index in [1.54, 1.807) is 19.1 Å². The Labute approximate surface area is 177 Å². The van der Waals surface area contributed by atoms with Crippen LogP contribution in [0.15, 0.2) is 36.4 Å². The Hall–Kier alpha value is -2.93. The van der Waals surface area contributed by atoms with Crippen molar-refractivity contribution < 1.29 is 24.2 Å². The van der Waals surface area contributed by atoms with Crippen molar-refractivity contribution >= 4 is 29.0 Å². The third-order valence-electron chi connectivity index (χ3n) is 4.49. The highest BCUT2D eigenvalue weighted by Crippen LogP contribution is 2.23. The molecule has 1 heterocycles. The molecule has 1 aromatic heterocycles. The summed E-state index contributed by atoms with van der Waals surface area (Å²) in [7, 11) is 1.48. The van der Waals surface area contributed by atoms with E-state index in [0.717, 1.165) is 16.5 Å². The van der Waals surface area contributed by atoms with Crippen LogP contribution >= 0.6 is 0 Å². The summed E-state index contributed by atoms with van der Waals surface area (Å²) < 4.78 is 10.3. The molecule has 2 N–H and O–H groups in total. The number of aliphatic carboxylic acids is 1. The Morgan fingerprint density at radius 3 is 2.47 bits per heavy atom. The van der Waals surface area contributed by atoms with Gasteiger partial charge in [0.1, 0.15) is 11.0 Å². The highest BCUT2D eigenvalue weighted by Gasteiger charge is 2.30. The third-order valence-corrected chi connectivity index (χ3v) is 4.49. The quantitative estimate of drug-likeness (QED) is 0.689. The number of hydrogen-bond acceptors (Lipinski definition) is 5. The van der Waals surface area contributed by atoms with E-state index in [-0.39, 0.29) is 12.6 Å². The summed E-state index contributed by atoms with van der Waals surface area (Å²) in [5, 5.41) is 13.2. The fourth-order valence-corrected chi connectivity index (χ4v) is 2.81. The maximum Gasteiger partial charge on any atom is 0.408 e. The first-order chi connectivity index (χ1) is 13.9. The minimum atomic E-state index is -1.12. The van der Waals surface area contributed by atoms with Gasteiger partial charge in [0.15, 0.2) is 0 Å². The molecule has 0 aliphatic rings. The maximum atomic E-state index is 12.0. The molecule has 1 amide bonds. The molecule has 1 aromatic carbocycles. The van der Waals surface area contributed by atoms with E-state index >= 15 is 0 Å². The first-order valence-electron chi connectivity index (χ1n) is 9.75. The number of carbonyl (C=O) groups excluding carboxylic acids is 1. The molecule has 162 valence electrons. The molecule has 0 saturated heterocycles. The van der Waals surface area contributed by atoms with Gasteiger partial charge in [-0.2, -0.15) is 0 Å². The van der Waals surface area contributed by atoms with Crippen LogP contribution in [0.2, 0.25) is 0 Å². The lowest BCUT2D eigenvalue weighted by molar-refractivity contribution is -0.147. The van der Waals surface area contributed by atoms with Gasteiger partial charge in [-0.05, 0) is 52.3 Å². The lowest BCUT2D eigenvalue weighted by Crippen LogP contribution is -2.34. The van der Waals surface area contributed by atoms with Gasteiger partial charge in [0, 0.05) is 12.5 Å². The number of alkyl carbamates (subject to hydrolysis) is 1. The lowest BCUT2D eigenvalue weighted by atomic mass is 9.90. The van der Waals surface area contributed by atoms with E-state index in [1.807, 2.05) is 58.0 Å². The second-order valence-electron chi connectivity index (χ2n) is 8.55. The molecule has 0 aliphatic heterocycles. The van der Waals surface area contributed by atoms with Gasteiger partial charge in [0.05, 0.1) is 23.9 Å². The van der Waals surface area contributed by atoms with Crippen LogP contribution in [-0.4, -0.2) is 41.5 Å². The van der Waals surface area contributed by atoms with Crippen molar-refractivity contribution in [2.45, 2.75) is 46.3 Å². The molecule has 0 bridgehead atoms. The van der Waals surface area contributed by atoms with E-state index in [0.29, 0.717) is 5.69 Å². The second-order valence-corrected chi connectivity index (χ2v) is 8.55. The molecule has 2 aromatic rings. The number of aromatic nitrogens is 1. The number of fused-ring (bicyclic) bond motifs is 1. The van der Waals surface area contributed by atoms with Crippen LogP contribution in [0.4, 0.5) is 4.79 Å². The number of nitrogens with one attached hydrogen (secondary N) is 1. The number of carboxylic acid groups (broad SMARTS) is 1. The molecule has 0 saturated carbocycles.